The smallest absolute Gasteiger partial charge is 0.260 e. The third-order valence-electron chi connectivity index (χ3n) is 2.72. The molecule has 1 heterocycles. The van der Waals surface area contributed by atoms with Crippen molar-refractivity contribution in [1.29, 1.82) is 0 Å². The molecule has 6 nitrogen and oxygen atoms in total. The van der Waals surface area contributed by atoms with Gasteiger partial charge in [0.25, 0.3) is 10.0 Å². The molecule has 2 rings (SSSR count). The van der Waals surface area contributed by atoms with Gasteiger partial charge in [0.2, 0.25) is 0 Å². The summed E-state index contributed by atoms with van der Waals surface area (Å²) in [5.74, 6) is 0. The van der Waals surface area contributed by atoms with Crippen molar-refractivity contribution in [3.63, 3.8) is 0 Å². The lowest BCUT2D eigenvalue weighted by Gasteiger charge is -2.13. The van der Waals surface area contributed by atoms with E-state index in [1.807, 2.05) is 0 Å². The van der Waals surface area contributed by atoms with E-state index in [9.17, 15) is 8.42 Å². The van der Waals surface area contributed by atoms with Crippen molar-refractivity contribution in [2.45, 2.75) is 18.0 Å². The van der Waals surface area contributed by atoms with Crippen LogP contribution in [0.15, 0.2) is 41.8 Å². The average molecular weight is 280 g/mol. The number of anilines is 1. The van der Waals surface area contributed by atoms with Crippen molar-refractivity contribution in [2.24, 2.45) is 7.05 Å². The topological polar surface area (TPSA) is 90.0 Å². The molecular formula is C12H16N4O2S. The molecule has 0 saturated heterocycles. The lowest BCUT2D eigenvalue weighted by Crippen LogP contribution is -2.27. The van der Waals surface area contributed by atoms with Crippen LogP contribution in [0.4, 0.5) is 5.69 Å². The zero-order valence-electron chi connectivity index (χ0n) is 10.7. The highest BCUT2D eigenvalue weighted by Crippen LogP contribution is 2.17. The molecule has 0 saturated carbocycles. The number of imidazole rings is 1. The zero-order valence-corrected chi connectivity index (χ0v) is 11.6. The van der Waals surface area contributed by atoms with E-state index < -0.39 is 10.0 Å². The maximum atomic E-state index is 12.1. The maximum Gasteiger partial charge on any atom is 0.260 e. The van der Waals surface area contributed by atoms with Gasteiger partial charge in [-0.3, -0.25) is 0 Å². The molecule has 1 aromatic heterocycles. The third-order valence-corrected chi connectivity index (χ3v) is 4.15. The second kappa shape index (κ2) is 5.02. The van der Waals surface area contributed by atoms with Crippen LogP contribution in [0.1, 0.15) is 18.5 Å². The quantitative estimate of drug-likeness (QED) is 0.819. The molecule has 1 atom stereocenters. The molecule has 1 unspecified atom stereocenters. The van der Waals surface area contributed by atoms with Crippen LogP contribution in [-0.4, -0.2) is 18.0 Å². The number of rotatable bonds is 4. The highest BCUT2D eigenvalue weighted by molar-refractivity contribution is 7.89. The van der Waals surface area contributed by atoms with E-state index in [-0.39, 0.29) is 11.1 Å². The van der Waals surface area contributed by atoms with Gasteiger partial charge in [-0.05, 0) is 24.6 Å². The summed E-state index contributed by atoms with van der Waals surface area (Å²) in [5.41, 5.74) is 7.08. The Kier molecular flexibility index (Phi) is 3.59. The lowest BCUT2D eigenvalue weighted by atomic mass is 10.1. The number of nitrogens with zero attached hydrogens (tertiary/aromatic N) is 2. The first-order valence-electron chi connectivity index (χ1n) is 5.74. The Morgan fingerprint density at radius 1 is 1.32 bits per heavy atom. The van der Waals surface area contributed by atoms with E-state index in [0.717, 1.165) is 5.56 Å². The fourth-order valence-corrected chi connectivity index (χ4v) is 2.89. The van der Waals surface area contributed by atoms with Gasteiger partial charge in [-0.25, -0.2) is 18.1 Å². The highest BCUT2D eigenvalue weighted by atomic mass is 32.2. The van der Waals surface area contributed by atoms with E-state index in [2.05, 4.69) is 9.71 Å². The summed E-state index contributed by atoms with van der Waals surface area (Å²) >= 11 is 0. The van der Waals surface area contributed by atoms with Crippen LogP contribution in [0.5, 0.6) is 0 Å². The van der Waals surface area contributed by atoms with Crippen LogP contribution in [0.2, 0.25) is 0 Å². The van der Waals surface area contributed by atoms with Gasteiger partial charge in [-0.1, -0.05) is 12.1 Å². The number of hydrogen-bond donors (Lipinski definition) is 2. The summed E-state index contributed by atoms with van der Waals surface area (Å²) in [6, 6.07) is 6.71. The van der Waals surface area contributed by atoms with Crippen LogP contribution in [0.3, 0.4) is 0 Å². The summed E-state index contributed by atoms with van der Waals surface area (Å²) in [7, 11) is -1.89. The first-order chi connectivity index (χ1) is 8.88. The van der Waals surface area contributed by atoms with Gasteiger partial charge in [0.1, 0.15) is 0 Å². The van der Waals surface area contributed by atoms with Crippen LogP contribution < -0.4 is 10.5 Å². The summed E-state index contributed by atoms with van der Waals surface area (Å²) in [6.45, 7) is 1.77. The lowest BCUT2D eigenvalue weighted by molar-refractivity contribution is 0.563. The first kappa shape index (κ1) is 13.6. The molecule has 0 fully saturated rings. The average Bonchev–Trinajstić information content (AvgIpc) is 2.77. The fourth-order valence-electron chi connectivity index (χ4n) is 1.67. The Labute approximate surface area is 112 Å². The normalized spacial score (nSPS) is 13.4. The van der Waals surface area contributed by atoms with E-state index >= 15 is 0 Å². The molecule has 0 aliphatic rings. The van der Waals surface area contributed by atoms with Crippen LogP contribution in [0, 0.1) is 0 Å². The van der Waals surface area contributed by atoms with E-state index in [4.69, 9.17) is 5.73 Å². The van der Waals surface area contributed by atoms with Crippen molar-refractivity contribution < 1.29 is 8.42 Å². The second-order valence-corrected chi connectivity index (χ2v) is 6.05. The summed E-state index contributed by atoms with van der Waals surface area (Å²) < 4.78 is 28.3. The van der Waals surface area contributed by atoms with Gasteiger partial charge >= 0.3 is 0 Å². The van der Waals surface area contributed by atoms with E-state index in [1.54, 1.807) is 42.8 Å². The van der Waals surface area contributed by atoms with Crippen molar-refractivity contribution in [2.75, 3.05) is 5.73 Å². The Balaban J connectivity index is 2.18. The van der Waals surface area contributed by atoms with Gasteiger partial charge in [0, 0.05) is 25.0 Å². The number of aromatic nitrogens is 2. The number of sulfonamides is 1. The molecule has 3 N–H and O–H groups in total. The molecule has 102 valence electrons. The highest BCUT2D eigenvalue weighted by Gasteiger charge is 2.20. The Morgan fingerprint density at radius 3 is 2.47 bits per heavy atom. The summed E-state index contributed by atoms with van der Waals surface area (Å²) in [4.78, 5) is 3.84. The Morgan fingerprint density at radius 2 is 1.95 bits per heavy atom. The van der Waals surface area contributed by atoms with Crippen molar-refractivity contribution >= 4 is 15.7 Å². The summed E-state index contributed by atoms with van der Waals surface area (Å²) in [5, 5.41) is 0.0114. The molecule has 0 spiro atoms. The molecule has 0 radical (unpaired) electrons. The molecule has 0 aliphatic carbocycles. The van der Waals surface area contributed by atoms with Crippen molar-refractivity contribution in [1.82, 2.24) is 14.3 Å². The predicted molar refractivity (Wildman–Crippen MR) is 72.8 cm³/mol. The fraction of sp³-hybridized carbons (Fsp3) is 0.250. The van der Waals surface area contributed by atoms with Gasteiger partial charge in [-0.2, -0.15) is 0 Å². The SMILES string of the molecule is CC(NS(=O)(=O)c1cn(C)cn1)c1ccc(N)cc1. The van der Waals surface area contributed by atoms with Gasteiger partial charge in [0.15, 0.2) is 5.03 Å². The minimum atomic E-state index is -3.61. The Hall–Kier alpha value is -1.86. The van der Waals surface area contributed by atoms with Crippen LogP contribution >= 0.6 is 0 Å². The third kappa shape index (κ3) is 3.12. The zero-order chi connectivity index (χ0) is 14.0. The number of nitrogen functional groups attached to an aromatic ring is 1. The molecular weight excluding hydrogens is 264 g/mol. The molecule has 7 heteroatoms. The summed E-state index contributed by atoms with van der Waals surface area (Å²) in [6.07, 6.45) is 2.90. The van der Waals surface area contributed by atoms with E-state index in [0.29, 0.717) is 5.69 Å². The van der Waals surface area contributed by atoms with Gasteiger partial charge in [0.05, 0.1) is 6.33 Å². The molecule has 1 aromatic carbocycles. The predicted octanol–water partition coefficient (Wildman–Crippen LogP) is 1.04. The molecule has 0 aliphatic heterocycles. The second-order valence-electron chi connectivity index (χ2n) is 4.39. The van der Waals surface area contributed by atoms with Crippen LogP contribution in [0.25, 0.3) is 0 Å². The molecule has 19 heavy (non-hydrogen) atoms. The van der Waals surface area contributed by atoms with Gasteiger partial charge in [-0.15, -0.1) is 0 Å². The molecule has 2 aromatic rings. The van der Waals surface area contributed by atoms with E-state index in [1.165, 1.54) is 12.5 Å². The standard InChI is InChI=1S/C12H16N4O2S/c1-9(10-3-5-11(13)6-4-10)15-19(17,18)12-7-16(2)8-14-12/h3-9,15H,13H2,1-2H3. The van der Waals surface area contributed by atoms with Gasteiger partial charge < -0.3 is 10.3 Å². The van der Waals surface area contributed by atoms with Crippen molar-refractivity contribution in [3.05, 3.63) is 42.4 Å². The molecule has 0 amide bonds. The molecule has 0 bridgehead atoms. The first-order valence-corrected chi connectivity index (χ1v) is 7.22. The largest absolute Gasteiger partial charge is 0.399 e. The number of aryl methyl sites for hydroxylation is 1. The van der Waals surface area contributed by atoms with Crippen LogP contribution in [-0.2, 0) is 17.1 Å². The van der Waals surface area contributed by atoms with Crippen molar-refractivity contribution in [3.8, 4) is 0 Å². The number of nitrogens with one attached hydrogen (secondary N) is 1. The minimum absolute atomic E-state index is 0.0114. The monoisotopic (exact) mass is 280 g/mol. The number of nitrogens with two attached hydrogens (primary N) is 1. The number of benzene rings is 1. The number of hydrogen-bond acceptors (Lipinski definition) is 4. The minimum Gasteiger partial charge on any atom is -0.399 e. The Bertz CT molecular complexity index is 661. The maximum absolute atomic E-state index is 12.1.